The summed E-state index contributed by atoms with van der Waals surface area (Å²) in [4.78, 5) is 12.4. The van der Waals surface area contributed by atoms with Crippen LogP contribution in [0.25, 0.3) is 11.5 Å². The lowest BCUT2D eigenvalue weighted by atomic mass is 10.2. The standard InChI is InChI=1S/C20H21N3O4S/c1-13(28-20-23-22-19(27-20)15-7-5-4-6-8-15)18(24)21-12-14-9-10-16(25-2)17(11-14)26-3/h4-11,13H,12H2,1-3H3,(H,21,24)/t13-/m1/s1. The number of thioether (sulfide) groups is 1. The molecule has 0 aliphatic carbocycles. The van der Waals surface area contributed by atoms with E-state index in [0.29, 0.717) is 29.2 Å². The average Bonchev–Trinajstić information content (AvgIpc) is 3.20. The molecule has 146 valence electrons. The van der Waals surface area contributed by atoms with E-state index in [1.54, 1.807) is 21.1 Å². The number of amides is 1. The summed E-state index contributed by atoms with van der Waals surface area (Å²) in [6, 6.07) is 15.0. The molecule has 1 aromatic heterocycles. The Hall–Kier alpha value is -3.00. The zero-order chi connectivity index (χ0) is 19.9. The van der Waals surface area contributed by atoms with E-state index >= 15 is 0 Å². The number of ether oxygens (including phenoxy) is 2. The second-order valence-electron chi connectivity index (χ2n) is 5.91. The Balaban J connectivity index is 1.56. The normalized spacial score (nSPS) is 11.7. The maximum atomic E-state index is 12.4. The highest BCUT2D eigenvalue weighted by molar-refractivity contribution is 8.00. The van der Waals surface area contributed by atoms with E-state index in [4.69, 9.17) is 13.9 Å². The molecule has 8 heteroatoms. The predicted molar refractivity (Wildman–Crippen MR) is 106 cm³/mol. The lowest BCUT2D eigenvalue weighted by Crippen LogP contribution is -2.30. The van der Waals surface area contributed by atoms with Crippen LogP contribution < -0.4 is 14.8 Å². The maximum absolute atomic E-state index is 12.4. The van der Waals surface area contributed by atoms with E-state index in [2.05, 4.69) is 15.5 Å². The molecule has 0 fully saturated rings. The summed E-state index contributed by atoms with van der Waals surface area (Å²) in [7, 11) is 3.16. The molecule has 0 bridgehead atoms. The molecule has 7 nitrogen and oxygen atoms in total. The van der Waals surface area contributed by atoms with Gasteiger partial charge in [-0.1, -0.05) is 36.0 Å². The third-order valence-electron chi connectivity index (χ3n) is 3.99. The fourth-order valence-electron chi connectivity index (χ4n) is 2.48. The van der Waals surface area contributed by atoms with Crippen molar-refractivity contribution in [2.45, 2.75) is 23.9 Å². The first-order chi connectivity index (χ1) is 13.6. The molecular formula is C20H21N3O4S. The number of rotatable bonds is 8. The molecule has 0 unspecified atom stereocenters. The lowest BCUT2D eigenvalue weighted by Gasteiger charge is -2.12. The van der Waals surface area contributed by atoms with Gasteiger partial charge in [0.1, 0.15) is 0 Å². The second-order valence-corrected chi connectivity index (χ2v) is 7.20. The monoisotopic (exact) mass is 399 g/mol. The molecule has 1 N–H and O–H groups in total. The van der Waals surface area contributed by atoms with Crippen molar-refractivity contribution < 1.29 is 18.7 Å². The van der Waals surface area contributed by atoms with Crippen molar-refractivity contribution in [3.8, 4) is 23.0 Å². The van der Waals surface area contributed by atoms with Gasteiger partial charge < -0.3 is 19.2 Å². The number of benzene rings is 2. The Bertz CT molecular complexity index is 930. The number of carbonyl (C=O) groups excluding carboxylic acids is 1. The van der Waals surface area contributed by atoms with Gasteiger partial charge in [0.15, 0.2) is 11.5 Å². The van der Waals surface area contributed by atoms with Gasteiger partial charge in [-0.3, -0.25) is 4.79 Å². The number of nitrogens with one attached hydrogen (secondary N) is 1. The van der Waals surface area contributed by atoms with Crippen molar-refractivity contribution >= 4 is 17.7 Å². The molecule has 1 atom stereocenters. The summed E-state index contributed by atoms with van der Waals surface area (Å²) in [6.45, 7) is 2.17. The number of hydrogen-bond donors (Lipinski definition) is 1. The van der Waals surface area contributed by atoms with E-state index < -0.39 is 0 Å². The molecule has 1 heterocycles. The van der Waals surface area contributed by atoms with Gasteiger partial charge in [0.25, 0.3) is 5.22 Å². The van der Waals surface area contributed by atoms with Crippen LogP contribution in [0.1, 0.15) is 12.5 Å². The van der Waals surface area contributed by atoms with Gasteiger partial charge in [0, 0.05) is 12.1 Å². The molecule has 3 aromatic rings. The lowest BCUT2D eigenvalue weighted by molar-refractivity contribution is -0.120. The quantitative estimate of drug-likeness (QED) is 0.580. The number of carbonyl (C=O) groups is 1. The fourth-order valence-corrected chi connectivity index (χ4v) is 3.19. The zero-order valence-corrected chi connectivity index (χ0v) is 16.7. The largest absolute Gasteiger partial charge is 0.493 e. The Morgan fingerprint density at radius 3 is 2.57 bits per heavy atom. The fraction of sp³-hybridized carbons (Fsp3) is 0.250. The number of hydrogen-bond acceptors (Lipinski definition) is 7. The van der Waals surface area contributed by atoms with Crippen LogP contribution >= 0.6 is 11.8 Å². The molecule has 0 saturated carbocycles. The van der Waals surface area contributed by atoms with Crippen LogP contribution in [-0.2, 0) is 11.3 Å². The predicted octanol–water partition coefficient (Wildman–Crippen LogP) is 3.55. The van der Waals surface area contributed by atoms with Gasteiger partial charge in [-0.25, -0.2) is 0 Å². The summed E-state index contributed by atoms with van der Waals surface area (Å²) in [6.07, 6.45) is 0. The van der Waals surface area contributed by atoms with E-state index in [1.165, 1.54) is 11.8 Å². The third-order valence-corrected chi connectivity index (χ3v) is 4.92. The average molecular weight is 399 g/mol. The van der Waals surface area contributed by atoms with Crippen LogP contribution in [0, 0.1) is 0 Å². The van der Waals surface area contributed by atoms with Gasteiger partial charge in [0.2, 0.25) is 11.8 Å². The maximum Gasteiger partial charge on any atom is 0.277 e. The molecule has 1 amide bonds. The van der Waals surface area contributed by atoms with Gasteiger partial charge in [-0.2, -0.15) is 0 Å². The van der Waals surface area contributed by atoms with E-state index in [9.17, 15) is 4.79 Å². The van der Waals surface area contributed by atoms with E-state index in [0.717, 1.165) is 11.1 Å². The SMILES string of the molecule is COc1ccc(CNC(=O)[C@@H](C)Sc2nnc(-c3ccccc3)o2)cc1OC. The van der Waals surface area contributed by atoms with Gasteiger partial charge >= 0.3 is 0 Å². The van der Waals surface area contributed by atoms with Crippen LogP contribution in [-0.4, -0.2) is 35.6 Å². The minimum atomic E-state index is -0.385. The van der Waals surface area contributed by atoms with Crippen LogP contribution in [0.4, 0.5) is 0 Å². The molecule has 0 spiro atoms. The van der Waals surface area contributed by atoms with Gasteiger partial charge in [0.05, 0.1) is 19.5 Å². The minimum absolute atomic E-state index is 0.126. The molecular weight excluding hydrogens is 378 g/mol. The second kappa shape index (κ2) is 9.27. The first-order valence-electron chi connectivity index (χ1n) is 8.65. The molecule has 2 aromatic carbocycles. The highest BCUT2D eigenvalue weighted by atomic mass is 32.2. The van der Waals surface area contributed by atoms with Crippen LogP contribution in [0.15, 0.2) is 58.2 Å². The first kappa shape index (κ1) is 19.8. The summed E-state index contributed by atoms with van der Waals surface area (Å²) in [5, 5.41) is 10.9. The Morgan fingerprint density at radius 2 is 1.86 bits per heavy atom. The molecule has 3 rings (SSSR count). The van der Waals surface area contributed by atoms with Crippen LogP contribution in [0.5, 0.6) is 11.5 Å². The molecule has 0 aliphatic heterocycles. The van der Waals surface area contributed by atoms with E-state index in [1.807, 2.05) is 48.5 Å². The molecule has 0 radical (unpaired) electrons. The zero-order valence-electron chi connectivity index (χ0n) is 15.8. The summed E-state index contributed by atoms with van der Waals surface area (Å²) in [5.74, 6) is 1.57. The summed E-state index contributed by atoms with van der Waals surface area (Å²) < 4.78 is 16.1. The summed E-state index contributed by atoms with van der Waals surface area (Å²) in [5.41, 5.74) is 1.75. The molecule has 0 aliphatic rings. The first-order valence-corrected chi connectivity index (χ1v) is 9.53. The number of aromatic nitrogens is 2. The smallest absolute Gasteiger partial charge is 0.277 e. The molecule has 28 heavy (non-hydrogen) atoms. The van der Waals surface area contributed by atoms with Crippen molar-refractivity contribution in [3.05, 3.63) is 54.1 Å². The topological polar surface area (TPSA) is 86.5 Å². The molecule has 0 saturated heterocycles. The number of methoxy groups -OCH3 is 2. The highest BCUT2D eigenvalue weighted by Crippen LogP contribution is 2.28. The van der Waals surface area contributed by atoms with Gasteiger partial charge in [-0.15, -0.1) is 10.2 Å². The van der Waals surface area contributed by atoms with Crippen LogP contribution in [0.2, 0.25) is 0 Å². The van der Waals surface area contributed by atoms with Crippen LogP contribution in [0.3, 0.4) is 0 Å². The van der Waals surface area contributed by atoms with Crippen molar-refractivity contribution in [2.75, 3.05) is 14.2 Å². The van der Waals surface area contributed by atoms with E-state index in [-0.39, 0.29) is 11.2 Å². The Morgan fingerprint density at radius 1 is 1.11 bits per heavy atom. The number of nitrogens with zero attached hydrogens (tertiary/aromatic N) is 2. The van der Waals surface area contributed by atoms with Gasteiger partial charge in [-0.05, 0) is 36.8 Å². The minimum Gasteiger partial charge on any atom is -0.493 e. The summed E-state index contributed by atoms with van der Waals surface area (Å²) >= 11 is 1.22. The van der Waals surface area contributed by atoms with Crippen molar-refractivity contribution in [2.24, 2.45) is 0 Å². The Kier molecular flexibility index (Phi) is 6.54. The Labute approximate surface area is 167 Å². The van der Waals surface area contributed by atoms with Crippen molar-refractivity contribution in [1.82, 2.24) is 15.5 Å². The van der Waals surface area contributed by atoms with Crippen molar-refractivity contribution in [3.63, 3.8) is 0 Å². The van der Waals surface area contributed by atoms with Crippen molar-refractivity contribution in [1.29, 1.82) is 0 Å². The third kappa shape index (κ3) is 4.83. The highest BCUT2D eigenvalue weighted by Gasteiger charge is 2.18.